The number of carbonyl (C=O) groups is 4. The van der Waals surface area contributed by atoms with Crippen molar-refractivity contribution in [1.29, 1.82) is 0 Å². The van der Waals surface area contributed by atoms with Gasteiger partial charge in [-0.2, -0.15) is 0 Å². The first-order chi connectivity index (χ1) is 37.2. The van der Waals surface area contributed by atoms with Crippen molar-refractivity contribution in [2.45, 2.75) is 42.6 Å². The first-order valence-corrected chi connectivity index (χ1v) is 25.4. The molecule has 3 fully saturated rings. The van der Waals surface area contributed by atoms with Gasteiger partial charge in [0, 0.05) is 49.7 Å². The van der Waals surface area contributed by atoms with Crippen LogP contribution in [-0.2, 0) is 24.5 Å². The van der Waals surface area contributed by atoms with Crippen LogP contribution in [0.1, 0.15) is 70.1 Å². The average Bonchev–Trinajstić information content (AvgIpc) is 3.86. The molecule has 6 aromatic carbocycles. The molecule has 382 valence electrons. The number of aliphatic hydroxyl groups excluding tert-OH is 1. The Morgan fingerprint density at radius 2 is 1.36 bits per heavy atom. The van der Waals surface area contributed by atoms with Gasteiger partial charge in [-0.15, -0.1) is 0 Å². The lowest BCUT2D eigenvalue weighted by Gasteiger charge is -2.46. The SMILES string of the molecule is COc1ccc(C#Cc2ccc3c(c2)C2(C(=O)N3C(=O)NC(C)c3ccccc3)C(C(=O)N3CCN(c4ncccn4)CC3)C3C(=O)OC(c4ccccc4)C(c4ccccc4)N3C2c2ccc(OCCO)cc2)cc1. The number of esters is 1. The van der Waals surface area contributed by atoms with E-state index in [0.29, 0.717) is 58.4 Å². The number of anilines is 2. The van der Waals surface area contributed by atoms with Crippen LogP contribution in [0, 0.1) is 17.8 Å². The number of cyclic esters (lactones) is 1. The molecule has 7 unspecified atom stereocenters. The first-order valence-electron chi connectivity index (χ1n) is 25.4. The Morgan fingerprint density at radius 3 is 2.01 bits per heavy atom. The van der Waals surface area contributed by atoms with Crippen LogP contribution in [-0.4, -0.2) is 101 Å². The molecule has 4 aliphatic heterocycles. The first kappa shape index (κ1) is 49.4. The van der Waals surface area contributed by atoms with Crippen LogP contribution in [0.2, 0.25) is 0 Å². The normalized spacial score (nSPS) is 22.2. The van der Waals surface area contributed by atoms with E-state index in [1.165, 1.54) is 0 Å². The number of aromatic nitrogens is 2. The Hall–Kier alpha value is -8.84. The Balaban J connectivity index is 1.16. The third kappa shape index (κ3) is 8.95. The number of hydrogen-bond donors (Lipinski definition) is 2. The topological polar surface area (TPSA) is 167 Å². The van der Waals surface area contributed by atoms with Crippen LogP contribution in [0.15, 0.2) is 176 Å². The van der Waals surface area contributed by atoms with E-state index >= 15 is 19.2 Å². The van der Waals surface area contributed by atoms with Crippen LogP contribution < -0.4 is 24.6 Å². The summed E-state index contributed by atoms with van der Waals surface area (Å²) in [5.41, 5.74) is 2.67. The number of fused-ring (bicyclic) bond motifs is 3. The van der Waals surface area contributed by atoms with Gasteiger partial charge in [-0.05, 0) is 95.4 Å². The van der Waals surface area contributed by atoms with E-state index in [4.69, 9.17) is 14.2 Å². The third-order valence-electron chi connectivity index (χ3n) is 15.0. The van der Waals surface area contributed by atoms with E-state index in [1.54, 1.807) is 54.7 Å². The average molecular weight is 1010 g/mol. The van der Waals surface area contributed by atoms with Crippen LogP contribution in [0.3, 0.4) is 0 Å². The zero-order chi connectivity index (χ0) is 52.3. The summed E-state index contributed by atoms with van der Waals surface area (Å²) in [4.78, 5) is 80.3. The Kier molecular flexibility index (Phi) is 13.8. The quantitative estimate of drug-likeness (QED) is 0.0958. The van der Waals surface area contributed by atoms with E-state index in [9.17, 15) is 5.11 Å². The number of nitrogens with zero attached hydrogens (tertiary/aromatic N) is 6. The van der Waals surface area contributed by atoms with Crippen molar-refractivity contribution in [3.63, 3.8) is 0 Å². The predicted octanol–water partition coefficient (Wildman–Crippen LogP) is 7.74. The highest BCUT2D eigenvalue weighted by Gasteiger charge is 2.76. The Morgan fingerprint density at radius 1 is 0.737 bits per heavy atom. The summed E-state index contributed by atoms with van der Waals surface area (Å²) in [6.07, 6.45) is 2.43. The fraction of sp³-hybridized carbons (Fsp3) is 0.246. The summed E-state index contributed by atoms with van der Waals surface area (Å²) in [5.74, 6) is 4.92. The number of piperazine rings is 1. The zero-order valence-corrected chi connectivity index (χ0v) is 41.9. The minimum Gasteiger partial charge on any atom is -0.497 e. The molecule has 0 radical (unpaired) electrons. The molecule has 2 N–H and O–H groups in total. The summed E-state index contributed by atoms with van der Waals surface area (Å²) < 4.78 is 18.0. The summed E-state index contributed by atoms with van der Waals surface area (Å²) >= 11 is 0. The van der Waals surface area contributed by atoms with Gasteiger partial charge in [0.15, 0.2) is 0 Å². The largest absolute Gasteiger partial charge is 0.497 e. The third-order valence-corrected chi connectivity index (χ3v) is 15.0. The highest BCUT2D eigenvalue weighted by Crippen LogP contribution is 2.66. The number of hydrogen-bond acceptors (Lipinski definition) is 12. The molecule has 76 heavy (non-hydrogen) atoms. The van der Waals surface area contributed by atoms with E-state index in [2.05, 4.69) is 27.1 Å². The molecule has 0 bridgehead atoms. The molecule has 15 heteroatoms. The molecule has 0 saturated carbocycles. The second-order valence-corrected chi connectivity index (χ2v) is 19.2. The molecule has 3 saturated heterocycles. The number of morpholine rings is 1. The van der Waals surface area contributed by atoms with E-state index < -0.39 is 65.4 Å². The van der Waals surface area contributed by atoms with Gasteiger partial charge < -0.3 is 34.4 Å². The molecule has 11 rings (SSSR count). The fourth-order valence-corrected chi connectivity index (χ4v) is 11.5. The van der Waals surface area contributed by atoms with Crippen molar-refractivity contribution < 1.29 is 38.5 Å². The highest BCUT2D eigenvalue weighted by atomic mass is 16.6. The number of carbonyl (C=O) groups excluding carboxylic acids is 4. The monoisotopic (exact) mass is 1010 g/mol. The molecule has 0 aliphatic carbocycles. The predicted molar refractivity (Wildman–Crippen MR) is 284 cm³/mol. The lowest BCUT2D eigenvalue weighted by atomic mass is 9.64. The number of urea groups is 1. The van der Waals surface area contributed by atoms with Crippen LogP contribution in [0.4, 0.5) is 16.4 Å². The number of benzene rings is 6. The second kappa shape index (κ2) is 21.2. The van der Waals surface area contributed by atoms with Crippen LogP contribution >= 0.6 is 0 Å². The number of aliphatic hydroxyl groups is 1. The maximum absolute atomic E-state index is 17.0. The molecule has 7 aromatic rings. The number of methoxy groups -OCH3 is 1. The summed E-state index contributed by atoms with van der Waals surface area (Å²) in [6, 6.07) is 45.6. The molecule has 7 atom stereocenters. The molecular formula is C61H55N7O8. The minimum absolute atomic E-state index is 0.0412. The maximum atomic E-state index is 17.0. The van der Waals surface area contributed by atoms with Gasteiger partial charge in [-0.25, -0.2) is 19.7 Å². The fourth-order valence-electron chi connectivity index (χ4n) is 11.5. The number of nitrogens with one attached hydrogen (secondary N) is 1. The molecule has 1 aromatic heterocycles. The van der Waals surface area contributed by atoms with Crippen molar-refractivity contribution >= 4 is 35.5 Å². The smallest absolute Gasteiger partial charge is 0.329 e. The van der Waals surface area contributed by atoms with Crippen molar-refractivity contribution in [2.75, 3.05) is 56.3 Å². The van der Waals surface area contributed by atoms with Gasteiger partial charge in [0.05, 0.1) is 43.4 Å². The number of rotatable bonds is 11. The lowest BCUT2D eigenvalue weighted by Crippen LogP contribution is -2.59. The van der Waals surface area contributed by atoms with Crippen LogP contribution in [0.25, 0.3) is 0 Å². The van der Waals surface area contributed by atoms with Crippen molar-refractivity contribution in [3.8, 4) is 23.3 Å². The number of amides is 4. The minimum atomic E-state index is -2.01. The molecule has 5 heterocycles. The Labute approximate surface area is 440 Å². The lowest BCUT2D eigenvalue weighted by molar-refractivity contribution is -0.179. The summed E-state index contributed by atoms with van der Waals surface area (Å²) in [6.45, 7) is 2.85. The van der Waals surface area contributed by atoms with Gasteiger partial charge in [-0.1, -0.05) is 115 Å². The van der Waals surface area contributed by atoms with E-state index in [1.807, 2.05) is 150 Å². The van der Waals surface area contributed by atoms with Gasteiger partial charge in [0.25, 0.3) is 0 Å². The van der Waals surface area contributed by atoms with Gasteiger partial charge >= 0.3 is 12.0 Å². The molecule has 4 amide bonds. The van der Waals surface area contributed by atoms with Crippen molar-refractivity contribution in [3.05, 3.63) is 215 Å². The van der Waals surface area contributed by atoms with Gasteiger partial charge in [0.1, 0.15) is 35.7 Å². The second-order valence-electron chi connectivity index (χ2n) is 19.2. The molecule has 4 aliphatic rings. The van der Waals surface area contributed by atoms with E-state index in [-0.39, 0.29) is 32.0 Å². The van der Waals surface area contributed by atoms with Gasteiger partial charge in [-0.3, -0.25) is 19.3 Å². The summed E-state index contributed by atoms with van der Waals surface area (Å²) in [5, 5.41) is 12.8. The van der Waals surface area contributed by atoms with E-state index in [0.717, 1.165) is 16.0 Å². The number of imide groups is 1. The Bertz CT molecular complexity index is 3300. The van der Waals surface area contributed by atoms with Crippen molar-refractivity contribution in [2.24, 2.45) is 5.92 Å². The maximum Gasteiger partial charge on any atom is 0.329 e. The molecule has 1 spiro atoms. The van der Waals surface area contributed by atoms with Gasteiger partial charge in [0.2, 0.25) is 17.8 Å². The molecule has 15 nitrogen and oxygen atoms in total. The highest BCUT2D eigenvalue weighted by molar-refractivity contribution is 6.24. The summed E-state index contributed by atoms with van der Waals surface area (Å²) in [7, 11) is 1.60. The number of ether oxygens (including phenoxy) is 3. The van der Waals surface area contributed by atoms with Crippen molar-refractivity contribution in [1.82, 2.24) is 25.1 Å². The molecular weight excluding hydrogens is 959 g/mol. The van der Waals surface area contributed by atoms with Crippen LogP contribution in [0.5, 0.6) is 11.5 Å². The standard InChI is InChI=1S/C61H55N7O8/c1-40(43-13-6-3-7-14-43)64-60(73)67-50-30-23-42(20-19-41-21-26-47(74-2)27-22-41)39-49(50)61(58(67)72)51(56(70)65-33-35-66(36-34-65)59-62-31-12-32-63-59)53-57(71)76-54(45-17-10-5-11-18-45)52(44-15-8-4-9-16-44)68(53)55(61)46-24-28-48(29-25-46)75-38-37-69/h3-18,21-32,39-40,51-55,69H,33-38H2,1-2H3,(H,64,73). The zero-order valence-electron chi connectivity index (χ0n) is 41.9.